The molecule has 7 saturated heterocycles. The second-order valence-electron chi connectivity index (χ2n) is 21.8. The highest BCUT2D eigenvalue weighted by Crippen LogP contribution is 2.39. The number of amides is 3. The van der Waals surface area contributed by atoms with Gasteiger partial charge in [0.1, 0.15) is 171 Å². The Labute approximate surface area is 492 Å². The van der Waals surface area contributed by atoms with Crippen molar-refractivity contribution in [3.05, 3.63) is 0 Å². The molecule has 7 fully saturated rings. The van der Waals surface area contributed by atoms with Gasteiger partial charge in [-0.1, -0.05) is 0 Å². The molecule has 0 aromatic heterocycles. The van der Waals surface area contributed by atoms with E-state index in [0.717, 1.165) is 20.8 Å². The summed E-state index contributed by atoms with van der Waals surface area (Å²) in [6.45, 7) is -4.35. The minimum Gasteiger partial charge on any atom is -0.394 e. The summed E-state index contributed by atoms with van der Waals surface area (Å²) in [7, 11) is 0. The van der Waals surface area contributed by atoms with Gasteiger partial charge in [-0.05, 0) is 0 Å². The highest BCUT2D eigenvalue weighted by molar-refractivity contribution is 5.74. The molecule has 0 aromatic carbocycles. The molecule has 0 aromatic rings. The summed E-state index contributed by atoms with van der Waals surface area (Å²) >= 11 is 0. The molecule has 39 nitrogen and oxygen atoms in total. The van der Waals surface area contributed by atoms with Crippen LogP contribution in [0.4, 0.5) is 0 Å². The number of aliphatic hydroxyl groups is 20. The molecule has 7 aliphatic heterocycles. The van der Waals surface area contributed by atoms with Gasteiger partial charge in [0.15, 0.2) is 44.0 Å². The van der Waals surface area contributed by atoms with Crippen LogP contribution in [0, 0.1) is 0 Å². The fraction of sp³-hybridized carbons (Fsp3) is 0.938. The molecule has 23 N–H and O–H groups in total. The topological polar surface area (TPSA) is 612 Å². The highest BCUT2D eigenvalue weighted by Gasteiger charge is 2.60. The predicted molar refractivity (Wildman–Crippen MR) is 267 cm³/mol. The monoisotopic (exact) mass is 1280 g/mol. The van der Waals surface area contributed by atoms with E-state index in [4.69, 9.17) is 61.6 Å². The van der Waals surface area contributed by atoms with Crippen molar-refractivity contribution in [1.82, 2.24) is 16.0 Å². The van der Waals surface area contributed by atoms with E-state index >= 15 is 0 Å². The van der Waals surface area contributed by atoms with E-state index < -0.39 is 279 Å². The number of hydrogen-bond acceptors (Lipinski definition) is 36. The van der Waals surface area contributed by atoms with Crippen molar-refractivity contribution < 1.29 is 178 Å². The molecule has 0 bridgehead atoms. The third kappa shape index (κ3) is 15.6. The van der Waals surface area contributed by atoms with E-state index in [9.17, 15) is 117 Å². The Hall–Kier alpha value is -2.91. The van der Waals surface area contributed by atoms with Crippen LogP contribution in [0.5, 0.6) is 0 Å². The highest BCUT2D eigenvalue weighted by atomic mass is 16.8. The summed E-state index contributed by atoms with van der Waals surface area (Å²) in [4.78, 5) is 37.7. The summed E-state index contributed by atoms with van der Waals surface area (Å²) < 4.78 is 76.0. The smallest absolute Gasteiger partial charge is 0.217 e. The zero-order chi connectivity index (χ0) is 64.2. The lowest BCUT2D eigenvalue weighted by Crippen LogP contribution is -2.71. The van der Waals surface area contributed by atoms with Gasteiger partial charge in [-0.15, -0.1) is 0 Å². The van der Waals surface area contributed by atoms with Gasteiger partial charge in [0.2, 0.25) is 17.7 Å². The lowest BCUT2D eigenvalue weighted by Gasteiger charge is -2.52. The molecule has 7 aliphatic rings. The Morgan fingerprint density at radius 3 is 0.931 bits per heavy atom. The summed E-state index contributed by atoms with van der Waals surface area (Å²) in [6.07, 6.45) is -63.8. The molecule has 3 amide bonds. The van der Waals surface area contributed by atoms with Crippen molar-refractivity contribution >= 4 is 17.7 Å². The Balaban J connectivity index is 1.24. The van der Waals surface area contributed by atoms with E-state index in [0.29, 0.717) is 0 Å². The normalized spacial score (nSPS) is 48.9. The first-order chi connectivity index (χ1) is 41.2. The lowest BCUT2D eigenvalue weighted by molar-refractivity contribution is -0.404. The zero-order valence-corrected chi connectivity index (χ0v) is 46.6. The van der Waals surface area contributed by atoms with Crippen LogP contribution in [0.3, 0.4) is 0 Å². The molecule has 7 heterocycles. The Morgan fingerprint density at radius 1 is 0.276 bits per heavy atom. The maximum atomic E-state index is 12.9. The molecule has 0 unspecified atom stereocenters. The van der Waals surface area contributed by atoms with E-state index in [1.165, 1.54) is 0 Å². The minimum atomic E-state index is -2.42. The molecular weight excluding hydrogens is 1190 g/mol. The van der Waals surface area contributed by atoms with Crippen LogP contribution in [-0.4, -0.2) is 381 Å². The van der Waals surface area contributed by atoms with Crippen molar-refractivity contribution in [2.24, 2.45) is 0 Å². The fourth-order valence-electron chi connectivity index (χ4n) is 11.2. The Kier molecular flexibility index (Phi) is 25.6. The van der Waals surface area contributed by atoms with Crippen molar-refractivity contribution in [2.75, 3.05) is 46.2 Å². The maximum Gasteiger partial charge on any atom is 0.217 e. The molecule has 0 radical (unpaired) electrons. The number of rotatable bonds is 22. The minimum absolute atomic E-state index is 0.766. The molecule has 39 heteroatoms. The first kappa shape index (κ1) is 71.5. The molecule has 87 heavy (non-hydrogen) atoms. The van der Waals surface area contributed by atoms with Crippen LogP contribution >= 0.6 is 0 Å². The third-order valence-electron chi connectivity index (χ3n) is 15.8. The van der Waals surface area contributed by atoms with Gasteiger partial charge < -0.3 is 180 Å². The summed E-state index contributed by atoms with van der Waals surface area (Å²) in [5, 5.41) is 225. The molecular formula is C48H81N3O36. The van der Waals surface area contributed by atoms with E-state index in [1.54, 1.807) is 0 Å². The van der Waals surface area contributed by atoms with Crippen molar-refractivity contribution in [1.29, 1.82) is 0 Å². The molecule has 0 saturated carbocycles. The van der Waals surface area contributed by atoms with Gasteiger partial charge in [0.25, 0.3) is 0 Å². The van der Waals surface area contributed by atoms with Gasteiger partial charge in [-0.3, -0.25) is 14.4 Å². The summed E-state index contributed by atoms with van der Waals surface area (Å²) in [6, 6.07) is -5.42. The van der Waals surface area contributed by atoms with Crippen molar-refractivity contribution in [2.45, 2.75) is 236 Å². The largest absolute Gasteiger partial charge is 0.394 e. The van der Waals surface area contributed by atoms with Crippen LogP contribution in [0.15, 0.2) is 0 Å². The first-order valence-electron chi connectivity index (χ1n) is 27.6. The van der Waals surface area contributed by atoms with Gasteiger partial charge in [-0.25, -0.2) is 0 Å². The number of carbonyl (C=O) groups is 3. The maximum absolute atomic E-state index is 12.9. The zero-order valence-electron chi connectivity index (χ0n) is 46.6. The van der Waals surface area contributed by atoms with Crippen LogP contribution in [-0.2, 0) is 76.0 Å². The lowest BCUT2D eigenvalue weighted by atomic mass is 9.93. The molecule has 7 rings (SSSR count). The molecule has 0 aliphatic carbocycles. The van der Waals surface area contributed by atoms with Crippen LogP contribution in [0.25, 0.3) is 0 Å². The number of hydrogen-bond donors (Lipinski definition) is 23. The average molecular weight is 1280 g/mol. The van der Waals surface area contributed by atoms with Gasteiger partial charge in [0, 0.05) is 20.8 Å². The van der Waals surface area contributed by atoms with Gasteiger partial charge in [-0.2, -0.15) is 0 Å². The SMILES string of the molecule is CC(=O)N[C@@H]1[C@@H](O)[C@H](O[C@@H]2O[C@H](CO)[C@@H](O)[C@H](O[C@H]3O[C@H](CO)[C@@H](O[C@@H]4O[C@H](CO)[C@@H](O[C@@H]5O[C@H](CO)[C@H](O)[C@H](O)[C@H]5O)[C@H](O)[C@H]4NC(C)=O)[C@H](O)[C@@H]3O[C@@H]3O[C@H](CO)[C@@H](O[C@@H]4O[C@H](CO)[C@H](O)[C@H](O)[C@@H]4O)[C@H](O)[C@H]3NC(C)=O)[C@@H]2O)[C@@H](CO)O[C@H]1O. The number of ether oxygens (including phenoxy) is 13. The number of nitrogens with one attached hydrogen (secondary N) is 3. The second-order valence-corrected chi connectivity index (χ2v) is 21.8. The molecule has 504 valence electrons. The molecule has 0 spiro atoms. The summed E-state index contributed by atoms with van der Waals surface area (Å²) in [5.41, 5.74) is 0. The van der Waals surface area contributed by atoms with Crippen LogP contribution in [0.1, 0.15) is 20.8 Å². The van der Waals surface area contributed by atoms with Gasteiger partial charge in [0.05, 0.1) is 46.2 Å². The van der Waals surface area contributed by atoms with Crippen molar-refractivity contribution in [3.63, 3.8) is 0 Å². The van der Waals surface area contributed by atoms with Crippen molar-refractivity contribution in [3.8, 4) is 0 Å². The van der Waals surface area contributed by atoms with Crippen LogP contribution < -0.4 is 16.0 Å². The Bertz CT molecular complexity index is 2190. The quantitative estimate of drug-likeness (QED) is 0.0479. The van der Waals surface area contributed by atoms with E-state index in [1.807, 2.05) is 0 Å². The standard InChI is InChI=1S/C48H81N3O36/c1-11(59)49-21-27(65)36(17(7-55)75-42(21)74)85-47-35(73)40(26(64)16(6-54)78-47)86-48-41(87-44-23(51-13(3)61)29(67)38(19(9-57)80-44)84-46-33(71)31(69)25(63)15(5-53)77-46)34(72)39(20(10-58)81-48)82-43-22(50-12(2)60)28(66)37(18(8-56)79-43)83-45-32(70)30(68)24(62)14(4-52)76-45/h14-48,52-58,62-74H,4-10H2,1-3H3,(H,49,59)(H,50,60)(H,51,61)/t14-,15-,16-,17-,18-,19-,20-,21-,22-,23-,24+,25+,26-,27-,28-,29-,30+,31+,32-,33+,34+,35+,36-,37-,38-,39-,40+,41+,42-,43+,44+,45+,46+,47+,48-/m1/s1. The third-order valence-corrected chi connectivity index (χ3v) is 15.8. The average Bonchev–Trinajstić information content (AvgIpc) is 1.41. The van der Waals surface area contributed by atoms with E-state index in [-0.39, 0.29) is 0 Å². The van der Waals surface area contributed by atoms with Gasteiger partial charge >= 0.3 is 0 Å². The van der Waals surface area contributed by atoms with Crippen LogP contribution in [0.2, 0.25) is 0 Å². The summed E-state index contributed by atoms with van der Waals surface area (Å²) in [5.74, 6) is -2.60. The number of aliphatic hydroxyl groups excluding tert-OH is 20. The van der Waals surface area contributed by atoms with E-state index in [2.05, 4.69) is 16.0 Å². The molecule has 35 atom stereocenters. The fourth-order valence-corrected chi connectivity index (χ4v) is 11.2. The predicted octanol–water partition coefficient (Wildman–Crippen LogP) is -15.8. The first-order valence-corrected chi connectivity index (χ1v) is 27.6. The second kappa shape index (κ2) is 31.1. The Morgan fingerprint density at radius 2 is 0.552 bits per heavy atom. The number of carbonyl (C=O) groups excluding carboxylic acids is 3.